The lowest BCUT2D eigenvalue weighted by atomic mass is 10.1. The fourth-order valence-corrected chi connectivity index (χ4v) is 2.43. The molecule has 1 aliphatic heterocycles. The third-order valence-electron chi connectivity index (χ3n) is 3.75. The Morgan fingerprint density at radius 3 is 2.60 bits per heavy atom. The summed E-state index contributed by atoms with van der Waals surface area (Å²) >= 11 is 0. The average Bonchev–Trinajstić information content (AvgIpc) is 2.48. The van der Waals surface area contributed by atoms with Crippen LogP contribution in [0.3, 0.4) is 0 Å². The van der Waals surface area contributed by atoms with Crippen molar-refractivity contribution in [1.29, 1.82) is 0 Å². The van der Waals surface area contributed by atoms with Gasteiger partial charge in [0.05, 0.1) is 0 Å². The Morgan fingerprint density at radius 2 is 2.00 bits per heavy atom. The molecule has 1 aliphatic rings. The lowest BCUT2D eigenvalue weighted by molar-refractivity contribution is -0.129. The van der Waals surface area contributed by atoms with Gasteiger partial charge in [-0.3, -0.25) is 4.79 Å². The monoisotopic (exact) mass is 276 g/mol. The summed E-state index contributed by atoms with van der Waals surface area (Å²) in [6, 6.07) is 9.81. The molecule has 2 rings (SSSR count). The van der Waals surface area contributed by atoms with Crippen LogP contribution in [0.2, 0.25) is 0 Å². The summed E-state index contributed by atoms with van der Waals surface area (Å²) in [6.45, 7) is 4.06. The van der Waals surface area contributed by atoms with Crippen molar-refractivity contribution in [3.05, 3.63) is 30.3 Å². The number of piperidine rings is 1. The topological polar surface area (TPSA) is 41.6 Å². The van der Waals surface area contributed by atoms with Crippen molar-refractivity contribution in [3.8, 4) is 5.75 Å². The first-order valence-electron chi connectivity index (χ1n) is 7.39. The van der Waals surface area contributed by atoms with Gasteiger partial charge in [0, 0.05) is 6.04 Å². The maximum Gasteiger partial charge on any atom is 0.261 e. The first-order chi connectivity index (χ1) is 9.69. The molecule has 4 heteroatoms. The standard InChI is InChI=1S/C16H24N2O2/c1-3-15(20-14-7-5-4-6-8-14)16(19)17-13-9-11-18(2)12-10-13/h4-8,13,15H,3,9-12H2,1-2H3,(H,17,19). The van der Waals surface area contributed by atoms with Crippen molar-refractivity contribution in [2.24, 2.45) is 0 Å². The van der Waals surface area contributed by atoms with Gasteiger partial charge >= 0.3 is 0 Å². The predicted octanol–water partition coefficient (Wildman–Crippen LogP) is 2.05. The van der Waals surface area contributed by atoms with E-state index in [4.69, 9.17) is 4.74 Å². The molecule has 1 N–H and O–H groups in total. The lowest BCUT2D eigenvalue weighted by Crippen LogP contribution is -2.47. The van der Waals surface area contributed by atoms with E-state index in [1.807, 2.05) is 37.3 Å². The Bertz CT molecular complexity index is 414. The first-order valence-corrected chi connectivity index (χ1v) is 7.39. The maximum absolute atomic E-state index is 12.3. The van der Waals surface area contributed by atoms with Gasteiger partial charge in [-0.25, -0.2) is 0 Å². The summed E-state index contributed by atoms with van der Waals surface area (Å²) in [4.78, 5) is 14.6. The second-order valence-corrected chi connectivity index (χ2v) is 5.41. The summed E-state index contributed by atoms with van der Waals surface area (Å²) < 4.78 is 5.77. The molecule has 1 amide bonds. The van der Waals surface area contributed by atoms with Crippen molar-refractivity contribution in [1.82, 2.24) is 10.2 Å². The summed E-state index contributed by atoms with van der Waals surface area (Å²) in [6.07, 6.45) is 2.30. The zero-order valence-electron chi connectivity index (χ0n) is 12.3. The van der Waals surface area contributed by atoms with Gasteiger partial charge in [0.25, 0.3) is 5.91 Å². The van der Waals surface area contributed by atoms with Gasteiger partial charge < -0.3 is 15.0 Å². The molecule has 0 aliphatic carbocycles. The molecule has 1 aromatic rings. The highest BCUT2D eigenvalue weighted by molar-refractivity contribution is 5.81. The number of rotatable bonds is 5. The number of nitrogens with zero attached hydrogens (tertiary/aromatic N) is 1. The molecule has 20 heavy (non-hydrogen) atoms. The first kappa shape index (κ1) is 14.9. The van der Waals surface area contributed by atoms with Crippen LogP contribution in [-0.4, -0.2) is 43.1 Å². The van der Waals surface area contributed by atoms with E-state index in [9.17, 15) is 4.79 Å². The Kier molecular flexibility index (Phi) is 5.41. The number of benzene rings is 1. The number of ether oxygens (including phenoxy) is 1. The molecule has 110 valence electrons. The number of carbonyl (C=O) groups excluding carboxylic acids is 1. The predicted molar refractivity (Wildman–Crippen MR) is 79.8 cm³/mol. The van der Waals surface area contributed by atoms with E-state index in [1.54, 1.807) is 0 Å². The van der Waals surface area contributed by atoms with Crippen molar-refractivity contribution < 1.29 is 9.53 Å². The minimum atomic E-state index is -0.406. The Morgan fingerprint density at radius 1 is 1.35 bits per heavy atom. The van der Waals surface area contributed by atoms with Crippen LogP contribution in [0.25, 0.3) is 0 Å². The van der Waals surface area contributed by atoms with Gasteiger partial charge in [0.1, 0.15) is 5.75 Å². The molecular formula is C16H24N2O2. The molecule has 1 aromatic carbocycles. The van der Waals surface area contributed by atoms with E-state index in [2.05, 4.69) is 17.3 Å². The zero-order valence-corrected chi connectivity index (χ0v) is 12.3. The fraction of sp³-hybridized carbons (Fsp3) is 0.562. The van der Waals surface area contributed by atoms with Gasteiger partial charge in [-0.05, 0) is 51.5 Å². The van der Waals surface area contributed by atoms with E-state index in [-0.39, 0.29) is 11.9 Å². The van der Waals surface area contributed by atoms with Crippen LogP contribution in [0.15, 0.2) is 30.3 Å². The number of amides is 1. The fourth-order valence-electron chi connectivity index (χ4n) is 2.43. The van der Waals surface area contributed by atoms with Crippen molar-refractivity contribution >= 4 is 5.91 Å². The Hall–Kier alpha value is -1.55. The van der Waals surface area contributed by atoms with Crippen LogP contribution in [0, 0.1) is 0 Å². The number of nitrogens with one attached hydrogen (secondary N) is 1. The van der Waals surface area contributed by atoms with Crippen LogP contribution in [-0.2, 0) is 4.79 Å². The highest BCUT2D eigenvalue weighted by Gasteiger charge is 2.23. The lowest BCUT2D eigenvalue weighted by Gasteiger charge is -2.30. The third-order valence-corrected chi connectivity index (χ3v) is 3.75. The van der Waals surface area contributed by atoms with E-state index >= 15 is 0 Å². The third kappa shape index (κ3) is 4.23. The van der Waals surface area contributed by atoms with Gasteiger partial charge in [-0.1, -0.05) is 25.1 Å². The van der Waals surface area contributed by atoms with Crippen LogP contribution in [0.4, 0.5) is 0 Å². The van der Waals surface area contributed by atoms with Crippen LogP contribution in [0.1, 0.15) is 26.2 Å². The molecule has 1 atom stereocenters. The van der Waals surface area contributed by atoms with Crippen LogP contribution < -0.4 is 10.1 Å². The molecule has 0 aromatic heterocycles. The Balaban J connectivity index is 1.86. The van der Waals surface area contributed by atoms with Gasteiger partial charge in [-0.2, -0.15) is 0 Å². The molecule has 4 nitrogen and oxygen atoms in total. The van der Waals surface area contributed by atoms with Gasteiger partial charge in [0.15, 0.2) is 6.10 Å². The van der Waals surface area contributed by atoms with Crippen molar-refractivity contribution in [2.45, 2.75) is 38.3 Å². The highest BCUT2D eigenvalue weighted by Crippen LogP contribution is 2.14. The van der Waals surface area contributed by atoms with E-state index < -0.39 is 6.10 Å². The van der Waals surface area contributed by atoms with Crippen LogP contribution in [0.5, 0.6) is 5.75 Å². The number of hydrogen-bond acceptors (Lipinski definition) is 3. The Labute approximate surface area is 121 Å². The largest absolute Gasteiger partial charge is 0.481 e. The molecule has 1 fully saturated rings. The quantitative estimate of drug-likeness (QED) is 0.895. The summed E-state index contributed by atoms with van der Waals surface area (Å²) in [5, 5.41) is 3.12. The number of hydrogen-bond donors (Lipinski definition) is 1. The zero-order chi connectivity index (χ0) is 14.4. The van der Waals surface area contributed by atoms with Gasteiger partial charge in [-0.15, -0.1) is 0 Å². The molecule has 1 saturated heterocycles. The molecule has 1 heterocycles. The molecule has 0 saturated carbocycles. The number of likely N-dealkylation sites (tertiary alicyclic amines) is 1. The highest BCUT2D eigenvalue weighted by atomic mass is 16.5. The number of carbonyl (C=O) groups is 1. The molecule has 0 radical (unpaired) electrons. The van der Waals surface area contributed by atoms with E-state index in [0.717, 1.165) is 31.7 Å². The van der Waals surface area contributed by atoms with Gasteiger partial charge in [0.2, 0.25) is 0 Å². The minimum absolute atomic E-state index is 0.00547. The smallest absolute Gasteiger partial charge is 0.261 e. The number of para-hydroxylation sites is 1. The summed E-state index contributed by atoms with van der Waals surface area (Å²) in [7, 11) is 2.12. The average molecular weight is 276 g/mol. The van der Waals surface area contributed by atoms with Crippen molar-refractivity contribution in [2.75, 3.05) is 20.1 Å². The van der Waals surface area contributed by atoms with E-state index in [0.29, 0.717) is 6.42 Å². The minimum Gasteiger partial charge on any atom is -0.481 e. The van der Waals surface area contributed by atoms with Crippen molar-refractivity contribution in [3.63, 3.8) is 0 Å². The molecule has 0 bridgehead atoms. The molecule has 1 unspecified atom stereocenters. The summed E-state index contributed by atoms with van der Waals surface area (Å²) in [5.41, 5.74) is 0. The maximum atomic E-state index is 12.3. The normalized spacial score (nSPS) is 18.5. The second-order valence-electron chi connectivity index (χ2n) is 5.41. The molecule has 0 spiro atoms. The van der Waals surface area contributed by atoms with E-state index in [1.165, 1.54) is 0 Å². The second kappa shape index (κ2) is 7.29. The molecular weight excluding hydrogens is 252 g/mol. The SMILES string of the molecule is CCC(Oc1ccccc1)C(=O)NC1CCN(C)CC1. The van der Waals surface area contributed by atoms with Crippen LogP contribution >= 0.6 is 0 Å². The summed E-state index contributed by atoms with van der Waals surface area (Å²) in [5.74, 6) is 0.754.